The molecule has 1 atom stereocenters. The monoisotopic (exact) mass is 332 g/mol. The Morgan fingerprint density at radius 3 is 2.58 bits per heavy atom. The number of esters is 1. The molecular formula is C16H13FN2O5. The fourth-order valence-electron chi connectivity index (χ4n) is 1.84. The number of nitrogens with one attached hydrogen (secondary N) is 1. The zero-order valence-corrected chi connectivity index (χ0v) is 12.6. The predicted octanol–water partition coefficient (Wildman–Crippen LogP) is 2.92. The maximum Gasteiger partial charge on any atom is 0.339 e. The molecule has 8 heteroatoms. The van der Waals surface area contributed by atoms with Crippen LogP contribution in [-0.2, 0) is 9.53 Å². The summed E-state index contributed by atoms with van der Waals surface area (Å²) in [7, 11) is 0. The van der Waals surface area contributed by atoms with Gasteiger partial charge < -0.3 is 10.1 Å². The number of ether oxygens (including phenoxy) is 1. The molecule has 24 heavy (non-hydrogen) atoms. The van der Waals surface area contributed by atoms with Gasteiger partial charge in [0.2, 0.25) is 0 Å². The smallest absolute Gasteiger partial charge is 0.339 e. The van der Waals surface area contributed by atoms with Crippen LogP contribution in [0.5, 0.6) is 0 Å². The number of hydrogen-bond acceptors (Lipinski definition) is 5. The Bertz CT molecular complexity index is 794. The van der Waals surface area contributed by atoms with Crippen LogP contribution in [0.4, 0.5) is 15.8 Å². The number of benzene rings is 2. The number of nitro benzene ring substituents is 1. The molecule has 2 aromatic rings. The Hall–Kier alpha value is -3.29. The van der Waals surface area contributed by atoms with Gasteiger partial charge in [-0.25, -0.2) is 9.18 Å². The molecule has 1 N–H and O–H groups in total. The van der Waals surface area contributed by atoms with Crippen molar-refractivity contribution in [2.24, 2.45) is 0 Å². The molecule has 0 radical (unpaired) electrons. The van der Waals surface area contributed by atoms with E-state index in [2.05, 4.69) is 5.32 Å². The number of carbonyl (C=O) groups excluding carboxylic acids is 2. The molecule has 0 spiro atoms. The van der Waals surface area contributed by atoms with Crippen molar-refractivity contribution in [1.82, 2.24) is 0 Å². The van der Waals surface area contributed by atoms with Gasteiger partial charge in [-0.15, -0.1) is 0 Å². The van der Waals surface area contributed by atoms with Crippen molar-refractivity contribution in [2.45, 2.75) is 13.0 Å². The minimum atomic E-state index is -1.17. The molecule has 0 bridgehead atoms. The van der Waals surface area contributed by atoms with E-state index in [1.807, 2.05) is 0 Å². The highest BCUT2D eigenvalue weighted by Crippen LogP contribution is 2.17. The van der Waals surface area contributed by atoms with Gasteiger partial charge in [0, 0.05) is 17.8 Å². The second-order valence-corrected chi connectivity index (χ2v) is 4.85. The van der Waals surface area contributed by atoms with Crippen LogP contribution in [-0.4, -0.2) is 22.9 Å². The molecule has 124 valence electrons. The third-order valence-corrected chi connectivity index (χ3v) is 3.04. The van der Waals surface area contributed by atoms with Crippen LogP contribution in [0.25, 0.3) is 0 Å². The minimum Gasteiger partial charge on any atom is -0.449 e. The van der Waals surface area contributed by atoms with E-state index in [4.69, 9.17) is 4.74 Å². The van der Waals surface area contributed by atoms with Crippen LogP contribution in [0, 0.1) is 15.9 Å². The highest BCUT2D eigenvalue weighted by atomic mass is 19.1. The summed E-state index contributed by atoms with van der Waals surface area (Å²) in [5.74, 6) is -2.12. The van der Waals surface area contributed by atoms with E-state index in [1.165, 1.54) is 49.4 Å². The maximum absolute atomic E-state index is 13.1. The molecule has 0 aliphatic carbocycles. The number of non-ortho nitro benzene ring substituents is 1. The molecule has 0 heterocycles. The van der Waals surface area contributed by atoms with Crippen LogP contribution in [0.2, 0.25) is 0 Å². The van der Waals surface area contributed by atoms with Gasteiger partial charge in [-0.1, -0.05) is 12.1 Å². The van der Waals surface area contributed by atoms with Crippen LogP contribution < -0.4 is 5.32 Å². The first-order valence-corrected chi connectivity index (χ1v) is 6.88. The summed E-state index contributed by atoms with van der Waals surface area (Å²) in [6, 6.07) is 10.2. The lowest BCUT2D eigenvalue weighted by atomic mass is 10.2. The van der Waals surface area contributed by atoms with Gasteiger partial charge in [0.05, 0.1) is 10.5 Å². The number of rotatable bonds is 5. The van der Waals surface area contributed by atoms with E-state index in [-0.39, 0.29) is 16.9 Å². The topological polar surface area (TPSA) is 98.5 Å². The third kappa shape index (κ3) is 4.35. The quantitative estimate of drug-likeness (QED) is 0.515. The van der Waals surface area contributed by atoms with E-state index in [0.717, 1.165) is 6.07 Å². The van der Waals surface area contributed by atoms with E-state index >= 15 is 0 Å². The van der Waals surface area contributed by atoms with Crippen molar-refractivity contribution < 1.29 is 23.6 Å². The Morgan fingerprint density at radius 1 is 1.21 bits per heavy atom. The summed E-state index contributed by atoms with van der Waals surface area (Å²) in [5.41, 5.74) is -0.00920. The average molecular weight is 332 g/mol. The van der Waals surface area contributed by atoms with Crippen molar-refractivity contribution in [1.29, 1.82) is 0 Å². The molecule has 1 amide bonds. The highest BCUT2D eigenvalue weighted by molar-refractivity contribution is 5.97. The van der Waals surface area contributed by atoms with E-state index in [9.17, 15) is 24.1 Å². The number of nitrogens with zero attached hydrogens (tertiary/aromatic N) is 1. The lowest BCUT2D eigenvalue weighted by Crippen LogP contribution is -2.30. The number of carbonyl (C=O) groups is 2. The second kappa shape index (κ2) is 7.32. The summed E-state index contributed by atoms with van der Waals surface area (Å²) >= 11 is 0. The van der Waals surface area contributed by atoms with Gasteiger partial charge in [-0.05, 0) is 31.2 Å². The fraction of sp³-hybridized carbons (Fsp3) is 0.125. The number of anilines is 1. The summed E-state index contributed by atoms with van der Waals surface area (Å²) < 4.78 is 18.0. The van der Waals surface area contributed by atoms with Gasteiger partial charge in [-0.3, -0.25) is 14.9 Å². The second-order valence-electron chi connectivity index (χ2n) is 4.85. The Balaban J connectivity index is 2.01. The summed E-state index contributed by atoms with van der Waals surface area (Å²) in [6.45, 7) is 1.34. The fourth-order valence-corrected chi connectivity index (χ4v) is 1.84. The van der Waals surface area contributed by atoms with Crippen LogP contribution in [0.15, 0.2) is 48.5 Å². The molecule has 0 aliphatic rings. The van der Waals surface area contributed by atoms with E-state index < -0.39 is 28.7 Å². The lowest BCUT2D eigenvalue weighted by Gasteiger charge is -2.13. The Morgan fingerprint density at radius 2 is 1.92 bits per heavy atom. The number of hydrogen-bond donors (Lipinski definition) is 1. The van der Waals surface area contributed by atoms with Crippen molar-refractivity contribution in [3.63, 3.8) is 0 Å². The van der Waals surface area contributed by atoms with E-state index in [0.29, 0.717) is 0 Å². The molecule has 0 aliphatic heterocycles. The number of amides is 1. The van der Waals surface area contributed by atoms with Crippen LogP contribution >= 0.6 is 0 Å². The maximum atomic E-state index is 13.1. The first-order valence-electron chi connectivity index (χ1n) is 6.88. The first kappa shape index (κ1) is 17.1. The van der Waals surface area contributed by atoms with Crippen molar-refractivity contribution >= 4 is 23.3 Å². The minimum absolute atomic E-state index is 0.0231. The van der Waals surface area contributed by atoms with Gasteiger partial charge in [0.15, 0.2) is 6.10 Å². The first-order chi connectivity index (χ1) is 11.4. The van der Waals surface area contributed by atoms with Gasteiger partial charge >= 0.3 is 5.97 Å². The zero-order valence-electron chi connectivity index (χ0n) is 12.6. The largest absolute Gasteiger partial charge is 0.449 e. The summed E-state index contributed by atoms with van der Waals surface area (Å²) in [6.07, 6.45) is -1.17. The molecule has 0 aromatic heterocycles. The zero-order chi connectivity index (χ0) is 17.7. The van der Waals surface area contributed by atoms with E-state index in [1.54, 1.807) is 0 Å². The van der Waals surface area contributed by atoms with Gasteiger partial charge in [0.25, 0.3) is 11.6 Å². The standard InChI is InChI=1S/C16H13FN2O5/c1-10(24-16(21)11-4-2-5-12(17)8-11)15(20)18-13-6-3-7-14(9-13)19(22)23/h2-10H,1H3,(H,18,20)/t10-/m1/s1. The molecule has 0 unspecified atom stereocenters. The molecule has 0 saturated heterocycles. The van der Waals surface area contributed by atoms with Crippen molar-refractivity contribution in [3.05, 3.63) is 70.0 Å². The number of nitro groups is 1. The highest BCUT2D eigenvalue weighted by Gasteiger charge is 2.20. The molecule has 2 aromatic carbocycles. The van der Waals surface area contributed by atoms with Crippen molar-refractivity contribution in [2.75, 3.05) is 5.32 Å². The van der Waals surface area contributed by atoms with Crippen molar-refractivity contribution in [3.8, 4) is 0 Å². The third-order valence-electron chi connectivity index (χ3n) is 3.04. The molecule has 0 saturated carbocycles. The summed E-state index contributed by atoms with van der Waals surface area (Å²) in [4.78, 5) is 33.9. The lowest BCUT2D eigenvalue weighted by molar-refractivity contribution is -0.384. The molecule has 7 nitrogen and oxygen atoms in total. The van der Waals surface area contributed by atoms with Crippen LogP contribution in [0.3, 0.4) is 0 Å². The summed E-state index contributed by atoms with van der Waals surface area (Å²) in [5, 5.41) is 13.1. The van der Waals surface area contributed by atoms with Gasteiger partial charge in [0.1, 0.15) is 5.82 Å². The van der Waals surface area contributed by atoms with Crippen LogP contribution in [0.1, 0.15) is 17.3 Å². The Kier molecular flexibility index (Phi) is 5.20. The normalized spacial score (nSPS) is 11.4. The predicted molar refractivity (Wildman–Crippen MR) is 83.0 cm³/mol. The number of halogens is 1. The molecule has 2 rings (SSSR count). The Labute approximate surface area is 136 Å². The molecular weight excluding hydrogens is 319 g/mol. The average Bonchev–Trinajstić information content (AvgIpc) is 2.54. The van der Waals surface area contributed by atoms with Gasteiger partial charge in [-0.2, -0.15) is 0 Å². The SMILES string of the molecule is C[C@@H](OC(=O)c1cccc(F)c1)C(=O)Nc1cccc([N+](=O)[O-])c1. The molecule has 0 fully saturated rings.